The number of aliphatic hydroxyl groups is 1. The van der Waals surface area contributed by atoms with Crippen molar-refractivity contribution in [2.24, 2.45) is 0 Å². The molecule has 1 N–H and O–H groups in total. The summed E-state index contributed by atoms with van der Waals surface area (Å²) in [6.45, 7) is 8.67. The molecule has 1 fully saturated rings. The first kappa shape index (κ1) is 12.6. The summed E-state index contributed by atoms with van der Waals surface area (Å²) >= 11 is 0. The van der Waals surface area contributed by atoms with Crippen LogP contribution in [0.4, 0.5) is 0 Å². The summed E-state index contributed by atoms with van der Waals surface area (Å²) in [5.41, 5.74) is 0.866. The topological polar surface area (TPSA) is 49.5 Å². The van der Waals surface area contributed by atoms with Crippen LogP contribution in [0.3, 0.4) is 0 Å². The van der Waals surface area contributed by atoms with Gasteiger partial charge in [0.15, 0.2) is 5.89 Å². The minimum Gasteiger partial charge on any atom is -0.448 e. The predicted molar refractivity (Wildman–Crippen MR) is 66.1 cm³/mol. The second kappa shape index (κ2) is 5.19. The molecule has 1 aromatic heterocycles. The van der Waals surface area contributed by atoms with Crippen LogP contribution in [0, 0.1) is 0 Å². The van der Waals surface area contributed by atoms with Gasteiger partial charge in [0.2, 0.25) is 0 Å². The van der Waals surface area contributed by atoms with Crippen LogP contribution in [0.25, 0.3) is 0 Å². The van der Waals surface area contributed by atoms with Crippen LogP contribution < -0.4 is 0 Å². The molecule has 2 unspecified atom stereocenters. The lowest BCUT2D eigenvalue weighted by atomic mass is 10.1. The Bertz CT molecular complexity index is 362. The zero-order chi connectivity index (χ0) is 12.4. The third kappa shape index (κ3) is 2.69. The Morgan fingerprint density at radius 1 is 1.53 bits per heavy atom. The fourth-order valence-electron chi connectivity index (χ4n) is 2.27. The average Bonchev–Trinajstić information content (AvgIpc) is 2.95. The van der Waals surface area contributed by atoms with E-state index >= 15 is 0 Å². The van der Waals surface area contributed by atoms with Gasteiger partial charge >= 0.3 is 0 Å². The van der Waals surface area contributed by atoms with E-state index in [2.05, 4.69) is 23.7 Å². The van der Waals surface area contributed by atoms with Gasteiger partial charge in [-0.25, -0.2) is 4.98 Å². The van der Waals surface area contributed by atoms with Crippen molar-refractivity contribution in [2.75, 3.05) is 19.7 Å². The van der Waals surface area contributed by atoms with Crippen molar-refractivity contribution in [3.05, 3.63) is 17.8 Å². The first-order chi connectivity index (χ1) is 8.11. The Morgan fingerprint density at radius 3 is 2.88 bits per heavy atom. The molecule has 0 bridgehead atoms. The van der Waals surface area contributed by atoms with Gasteiger partial charge in [-0.1, -0.05) is 6.92 Å². The number of nitrogens with zero attached hydrogens (tertiary/aromatic N) is 2. The summed E-state index contributed by atoms with van der Waals surface area (Å²) in [5, 5.41) is 9.09. The molecule has 17 heavy (non-hydrogen) atoms. The van der Waals surface area contributed by atoms with Gasteiger partial charge in [0.05, 0.1) is 12.3 Å². The summed E-state index contributed by atoms with van der Waals surface area (Å²) in [6.07, 6.45) is 2.81. The lowest BCUT2D eigenvalue weighted by Gasteiger charge is -2.19. The molecule has 0 spiro atoms. The van der Waals surface area contributed by atoms with Crippen LogP contribution >= 0.6 is 0 Å². The summed E-state index contributed by atoms with van der Waals surface area (Å²) in [5.74, 6) is 1.32. The zero-order valence-electron chi connectivity index (χ0n) is 10.9. The van der Waals surface area contributed by atoms with E-state index in [9.17, 15) is 0 Å². The lowest BCUT2D eigenvalue weighted by Crippen LogP contribution is -2.27. The Labute approximate surface area is 103 Å². The van der Waals surface area contributed by atoms with E-state index in [0.717, 1.165) is 31.1 Å². The molecular formula is C13H22N2O2. The molecule has 1 aliphatic rings. The fraction of sp³-hybridized carbons (Fsp3) is 0.769. The quantitative estimate of drug-likeness (QED) is 0.871. The molecular weight excluding hydrogens is 216 g/mol. The normalized spacial score (nSPS) is 23.5. The number of hydrogen-bond acceptors (Lipinski definition) is 4. The third-order valence-electron chi connectivity index (χ3n) is 3.62. The third-order valence-corrected chi connectivity index (χ3v) is 3.62. The standard InChI is InChI=1S/C13H22N2O2/c1-9(2)15-5-4-11(6-15)13-14-12(8-17-13)10(3)7-16/h8-11,16H,4-7H2,1-3H3. The highest BCUT2D eigenvalue weighted by Gasteiger charge is 2.29. The molecule has 96 valence electrons. The number of aliphatic hydroxyl groups excluding tert-OH is 1. The highest BCUT2D eigenvalue weighted by Crippen LogP contribution is 2.28. The average molecular weight is 238 g/mol. The molecule has 2 heterocycles. The predicted octanol–water partition coefficient (Wildman–Crippen LogP) is 1.97. The summed E-state index contributed by atoms with van der Waals surface area (Å²) in [6, 6.07) is 0.589. The molecule has 4 heteroatoms. The van der Waals surface area contributed by atoms with Gasteiger partial charge in [-0.05, 0) is 26.8 Å². The van der Waals surface area contributed by atoms with Crippen LogP contribution in [-0.4, -0.2) is 40.7 Å². The summed E-state index contributed by atoms with van der Waals surface area (Å²) in [7, 11) is 0. The van der Waals surface area contributed by atoms with Gasteiger partial charge in [-0.3, -0.25) is 0 Å². The molecule has 0 aromatic carbocycles. The minimum absolute atomic E-state index is 0.0649. The maximum Gasteiger partial charge on any atom is 0.198 e. The maximum absolute atomic E-state index is 9.09. The molecule has 1 aromatic rings. The van der Waals surface area contributed by atoms with E-state index < -0.39 is 0 Å². The number of hydrogen-bond donors (Lipinski definition) is 1. The van der Waals surface area contributed by atoms with E-state index in [1.807, 2.05) is 6.92 Å². The van der Waals surface area contributed by atoms with Gasteiger partial charge < -0.3 is 14.4 Å². The highest BCUT2D eigenvalue weighted by molar-refractivity contribution is 5.07. The van der Waals surface area contributed by atoms with Gasteiger partial charge in [-0.15, -0.1) is 0 Å². The van der Waals surface area contributed by atoms with E-state index in [1.54, 1.807) is 6.26 Å². The molecule has 2 rings (SSSR count). The second-order valence-electron chi connectivity index (χ2n) is 5.27. The minimum atomic E-state index is 0.0649. The summed E-state index contributed by atoms with van der Waals surface area (Å²) < 4.78 is 5.55. The number of oxazole rings is 1. The first-order valence-corrected chi connectivity index (χ1v) is 6.42. The number of likely N-dealkylation sites (tertiary alicyclic amines) is 1. The Morgan fingerprint density at radius 2 is 2.29 bits per heavy atom. The van der Waals surface area contributed by atoms with Gasteiger partial charge in [0.1, 0.15) is 6.26 Å². The molecule has 0 aliphatic carbocycles. The summed E-state index contributed by atoms with van der Waals surface area (Å²) in [4.78, 5) is 6.95. The van der Waals surface area contributed by atoms with Crippen molar-refractivity contribution in [2.45, 2.75) is 45.1 Å². The van der Waals surface area contributed by atoms with E-state index in [0.29, 0.717) is 12.0 Å². The van der Waals surface area contributed by atoms with Crippen molar-refractivity contribution in [3.63, 3.8) is 0 Å². The SMILES string of the molecule is CC(CO)c1coc(C2CCN(C(C)C)C2)n1. The number of aromatic nitrogens is 1. The second-order valence-corrected chi connectivity index (χ2v) is 5.27. The van der Waals surface area contributed by atoms with Crippen LogP contribution in [-0.2, 0) is 0 Å². The van der Waals surface area contributed by atoms with E-state index in [-0.39, 0.29) is 12.5 Å². The maximum atomic E-state index is 9.09. The van der Waals surface area contributed by atoms with Crippen molar-refractivity contribution in [1.29, 1.82) is 0 Å². The molecule has 0 radical (unpaired) electrons. The molecule has 0 amide bonds. The van der Waals surface area contributed by atoms with Crippen LogP contribution in [0.15, 0.2) is 10.7 Å². The Hall–Kier alpha value is -0.870. The molecule has 1 saturated heterocycles. The van der Waals surface area contributed by atoms with Crippen LogP contribution in [0.1, 0.15) is 50.6 Å². The van der Waals surface area contributed by atoms with Gasteiger partial charge in [-0.2, -0.15) is 0 Å². The largest absolute Gasteiger partial charge is 0.448 e. The molecule has 0 saturated carbocycles. The fourth-order valence-corrected chi connectivity index (χ4v) is 2.27. The highest BCUT2D eigenvalue weighted by atomic mass is 16.3. The van der Waals surface area contributed by atoms with Crippen molar-refractivity contribution in [3.8, 4) is 0 Å². The number of rotatable bonds is 4. The molecule has 2 atom stereocenters. The lowest BCUT2D eigenvalue weighted by molar-refractivity contribution is 0.268. The van der Waals surface area contributed by atoms with Crippen LogP contribution in [0.2, 0.25) is 0 Å². The van der Waals surface area contributed by atoms with Crippen molar-refractivity contribution >= 4 is 0 Å². The zero-order valence-corrected chi connectivity index (χ0v) is 10.9. The Kier molecular flexibility index (Phi) is 3.84. The Balaban J connectivity index is 2.02. The van der Waals surface area contributed by atoms with E-state index in [4.69, 9.17) is 9.52 Å². The molecule has 4 nitrogen and oxygen atoms in total. The van der Waals surface area contributed by atoms with Gasteiger partial charge in [0, 0.05) is 24.4 Å². The van der Waals surface area contributed by atoms with Crippen molar-refractivity contribution in [1.82, 2.24) is 9.88 Å². The van der Waals surface area contributed by atoms with Gasteiger partial charge in [0.25, 0.3) is 0 Å². The van der Waals surface area contributed by atoms with Crippen molar-refractivity contribution < 1.29 is 9.52 Å². The molecule has 1 aliphatic heterocycles. The monoisotopic (exact) mass is 238 g/mol. The first-order valence-electron chi connectivity index (χ1n) is 6.42. The smallest absolute Gasteiger partial charge is 0.198 e. The van der Waals surface area contributed by atoms with E-state index in [1.165, 1.54) is 0 Å². The van der Waals surface area contributed by atoms with Crippen LogP contribution in [0.5, 0.6) is 0 Å².